The maximum Gasteiger partial charge on any atom is 0.224 e. The predicted octanol–water partition coefficient (Wildman–Crippen LogP) is 3.72. The van der Waals surface area contributed by atoms with Crippen molar-refractivity contribution in [2.45, 2.75) is 33.1 Å². The first-order chi connectivity index (χ1) is 9.56. The van der Waals surface area contributed by atoms with E-state index in [0.717, 1.165) is 23.2 Å². The van der Waals surface area contributed by atoms with Gasteiger partial charge in [-0.1, -0.05) is 28.9 Å². The Bertz CT molecular complexity index is 470. The Hall–Kier alpha value is -0.870. The number of carbonyl (C=O) groups excluding carboxylic acids is 1. The number of aryl methyl sites for hydroxylation is 1. The molecule has 0 spiro atoms. The zero-order chi connectivity index (χ0) is 14.5. The molecule has 1 fully saturated rings. The summed E-state index contributed by atoms with van der Waals surface area (Å²) in [5.41, 5.74) is 2.04. The number of carbonyl (C=O) groups is 1. The molecule has 0 radical (unpaired) electrons. The molecule has 0 aromatic heterocycles. The fourth-order valence-electron chi connectivity index (χ4n) is 2.76. The maximum atomic E-state index is 12.1. The molecule has 20 heavy (non-hydrogen) atoms. The minimum absolute atomic E-state index is 0.117. The van der Waals surface area contributed by atoms with E-state index in [2.05, 4.69) is 33.5 Å². The first-order valence-corrected chi connectivity index (χ1v) is 8.12. The topological polar surface area (TPSA) is 41.1 Å². The van der Waals surface area contributed by atoms with Crippen LogP contribution < -0.4 is 10.6 Å². The van der Waals surface area contributed by atoms with Crippen LogP contribution in [0.2, 0.25) is 0 Å². The molecule has 0 bridgehead atoms. The summed E-state index contributed by atoms with van der Waals surface area (Å²) in [5.74, 6) is 1.24. The minimum atomic E-state index is 0.117. The van der Waals surface area contributed by atoms with Gasteiger partial charge < -0.3 is 10.6 Å². The monoisotopic (exact) mass is 338 g/mol. The lowest BCUT2D eigenvalue weighted by molar-refractivity contribution is -0.117. The highest BCUT2D eigenvalue weighted by Crippen LogP contribution is 2.25. The van der Waals surface area contributed by atoms with Crippen molar-refractivity contribution in [2.24, 2.45) is 11.8 Å². The third-order valence-corrected chi connectivity index (χ3v) is 5.01. The first-order valence-electron chi connectivity index (χ1n) is 7.33. The Morgan fingerprint density at radius 1 is 1.45 bits per heavy atom. The second-order valence-corrected chi connectivity index (χ2v) is 6.64. The number of hydrogen-bond acceptors (Lipinski definition) is 2. The minimum Gasteiger partial charge on any atom is -0.326 e. The number of anilines is 1. The average Bonchev–Trinajstić information content (AvgIpc) is 2.44. The average molecular weight is 339 g/mol. The third kappa shape index (κ3) is 4.32. The summed E-state index contributed by atoms with van der Waals surface area (Å²) in [6.07, 6.45) is 2.98. The van der Waals surface area contributed by atoms with Gasteiger partial charge in [-0.3, -0.25) is 4.79 Å². The standard InChI is InChI=1S/C16H23BrN2O/c1-11-3-4-14(10-15(11)17)19-16(20)9-12(2)13-5-7-18-8-6-13/h3-4,10,12-13,18H,5-9H2,1-2H3,(H,19,20). The van der Waals surface area contributed by atoms with Crippen LogP contribution in [-0.4, -0.2) is 19.0 Å². The lowest BCUT2D eigenvalue weighted by atomic mass is 9.84. The van der Waals surface area contributed by atoms with Crippen molar-refractivity contribution in [3.63, 3.8) is 0 Å². The van der Waals surface area contributed by atoms with Gasteiger partial charge in [-0.05, 0) is 62.4 Å². The molecule has 3 nitrogen and oxygen atoms in total. The molecule has 2 N–H and O–H groups in total. The van der Waals surface area contributed by atoms with Gasteiger partial charge in [0.05, 0.1) is 0 Å². The fourth-order valence-corrected chi connectivity index (χ4v) is 3.13. The van der Waals surface area contributed by atoms with Crippen molar-refractivity contribution < 1.29 is 4.79 Å². The molecule has 1 aromatic carbocycles. The number of nitrogens with one attached hydrogen (secondary N) is 2. The summed E-state index contributed by atoms with van der Waals surface area (Å²) >= 11 is 3.49. The third-order valence-electron chi connectivity index (χ3n) is 4.15. The van der Waals surface area contributed by atoms with Crippen molar-refractivity contribution in [3.8, 4) is 0 Å². The summed E-state index contributed by atoms with van der Waals surface area (Å²) in [5, 5.41) is 6.36. The molecule has 1 aliphatic heterocycles. The van der Waals surface area contributed by atoms with Crippen LogP contribution in [-0.2, 0) is 4.79 Å². The predicted molar refractivity (Wildman–Crippen MR) is 86.9 cm³/mol. The first kappa shape index (κ1) is 15.5. The number of halogens is 1. The van der Waals surface area contributed by atoms with Crippen LogP contribution >= 0.6 is 15.9 Å². The molecule has 2 rings (SSSR count). The van der Waals surface area contributed by atoms with Gasteiger partial charge in [0.2, 0.25) is 5.91 Å². The van der Waals surface area contributed by atoms with Crippen LogP contribution in [0.3, 0.4) is 0 Å². The van der Waals surface area contributed by atoms with E-state index >= 15 is 0 Å². The van der Waals surface area contributed by atoms with Crippen LogP contribution in [0.15, 0.2) is 22.7 Å². The van der Waals surface area contributed by atoms with Crippen molar-refractivity contribution >= 4 is 27.5 Å². The van der Waals surface area contributed by atoms with E-state index in [1.165, 1.54) is 18.4 Å². The number of amides is 1. The molecule has 1 heterocycles. The van der Waals surface area contributed by atoms with Gasteiger partial charge in [0.1, 0.15) is 0 Å². The van der Waals surface area contributed by atoms with E-state index in [1.54, 1.807) is 0 Å². The molecule has 1 saturated heterocycles. The number of hydrogen-bond donors (Lipinski definition) is 2. The van der Waals surface area contributed by atoms with Crippen molar-refractivity contribution in [3.05, 3.63) is 28.2 Å². The van der Waals surface area contributed by atoms with Crippen LogP contribution in [0.25, 0.3) is 0 Å². The highest BCUT2D eigenvalue weighted by Gasteiger charge is 2.22. The van der Waals surface area contributed by atoms with Gasteiger partial charge >= 0.3 is 0 Å². The summed E-state index contributed by atoms with van der Waals surface area (Å²) in [6.45, 7) is 6.40. The SMILES string of the molecule is Cc1ccc(NC(=O)CC(C)C2CCNCC2)cc1Br. The van der Waals surface area contributed by atoms with Crippen molar-refractivity contribution in [2.75, 3.05) is 18.4 Å². The zero-order valence-corrected chi connectivity index (χ0v) is 13.8. The normalized spacial score (nSPS) is 17.8. The van der Waals surface area contributed by atoms with Gasteiger partial charge in [-0.25, -0.2) is 0 Å². The molecule has 1 atom stereocenters. The van der Waals surface area contributed by atoms with E-state index in [1.807, 2.05) is 25.1 Å². The highest BCUT2D eigenvalue weighted by atomic mass is 79.9. The molecule has 4 heteroatoms. The molecule has 110 valence electrons. The Labute approximate surface area is 129 Å². The van der Waals surface area contributed by atoms with Crippen molar-refractivity contribution in [1.82, 2.24) is 5.32 Å². The largest absolute Gasteiger partial charge is 0.326 e. The summed E-state index contributed by atoms with van der Waals surface area (Å²) in [7, 11) is 0. The van der Waals surface area contributed by atoms with E-state index in [4.69, 9.17) is 0 Å². The molecule has 1 aromatic rings. The maximum absolute atomic E-state index is 12.1. The van der Waals surface area contributed by atoms with Gasteiger partial charge in [0.25, 0.3) is 0 Å². The van der Waals surface area contributed by atoms with Gasteiger partial charge in [-0.2, -0.15) is 0 Å². The molecular weight excluding hydrogens is 316 g/mol. The number of rotatable bonds is 4. The zero-order valence-electron chi connectivity index (χ0n) is 12.2. The smallest absolute Gasteiger partial charge is 0.224 e. The Morgan fingerprint density at radius 3 is 2.80 bits per heavy atom. The summed E-state index contributed by atoms with van der Waals surface area (Å²) in [4.78, 5) is 12.1. The summed E-state index contributed by atoms with van der Waals surface area (Å²) in [6, 6.07) is 5.92. The molecule has 1 unspecified atom stereocenters. The van der Waals surface area contributed by atoms with Gasteiger partial charge in [0, 0.05) is 16.6 Å². The number of benzene rings is 1. The quantitative estimate of drug-likeness (QED) is 0.878. The van der Waals surface area contributed by atoms with E-state index in [9.17, 15) is 4.79 Å². The Morgan fingerprint density at radius 2 is 2.15 bits per heavy atom. The van der Waals surface area contributed by atoms with Crippen LogP contribution in [0, 0.1) is 18.8 Å². The van der Waals surface area contributed by atoms with Crippen LogP contribution in [0.4, 0.5) is 5.69 Å². The molecular formula is C16H23BrN2O. The molecule has 0 aliphatic carbocycles. The Balaban J connectivity index is 1.86. The van der Waals surface area contributed by atoms with E-state index < -0.39 is 0 Å². The second kappa shape index (κ2) is 7.23. The Kier molecular flexibility index (Phi) is 5.61. The molecule has 1 aliphatic rings. The summed E-state index contributed by atoms with van der Waals surface area (Å²) < 4.78 is 1.03. The van der Waals surface area contributed by atoms with E-state index in [0.29, 0.717) is 18.3 Å². The lowest BCUT2D eigenvalue weighted by Crippen LogP contribution is -2.32. The van der Waals surface area contributed by atoms with Crippen LogP contribution in [0.1, 0.15) is 31.7 Å². The highest BCUT2D eigenvalue weighted by molar-refractivity contribution is 9.10. The molecule has 0 saturated carbocycles. The van der Waals surface area contributed by atoms with Crippen molar-refractivity contribution in [1.29, 1.82) is 0 Å². The van der Waals surface area contributed by atoms with Crippen LogP contribution in [0.5, 0.6) is 0 Å². The fraction of sp³-hybridized carbons (Fsp3) is 0.562. The molecule has 1 amide bonds. The number of piperidine rings is 1. The van der Waals surface area contributed by atoms with E-state index in [-0.39, 0.29) is 5.91 Å². The van der Waals surface area contributed by atoms with Gasteiger partial charge in [-0.15, -0.1) is 0 Å². The van der Waals surface area contributed by atoms with Gasteiger partial charge in [0.15, 0.2) is 0 Å². The second-order valence-electron chi connectivity index (χ2n) is 5.78. The lowest BCUT2D eigenvalue weighted by Gasteiger charge is -2.27.